The van der Waals surface area contributed by atoms with Crippen LogP contribution < -0.4 is 4.74 Å². The Hall–Kier alpha value is -2.09. The second kappa shape index (κ2) is 6.13. The van der Waals surface area contributed by atoms with E-state index in [1.165, 1.54) is 17.0 Å². The lowest BCUT2D eigenvalue weighted by atomic mass is 9.76. The number of hydrogen-bond donors (Lipinski definition) is 0. The lowest BCUT2D eigenvalue weighted by Crippen LogP contribution is -2.56. The Labute approximate surface area is 124 Å². The quantitative estimate of drug-likeness (QED) is 0.838. The zero-order valence-corrected chi connectivity index (χ0v) is 12.3. The van der Waals surface area contributed by atoms with Gasteiger partial charge in [-0.2, -0.15) is 5.26 Å². The Morgan fingerprint density at radius 2 is 2.19 bits per heavy atom. The van der Waals surface area contributed by atoms with Gasteiger partial charge >= 0.3 is 0 Å². The molecule has 0 aromatic heterocycles. The van der Waals surface area contributed by atoms with Crippen LogP contribution in [0.1, 0.15) is 32.6 Å². The third-order valence-electron chi connectivity index (χ3n) is 4.11. The summed E-state index contributed by atoms with van der Waals surface area (Å²) in [6, 6.07) is 8.23. The molecule has 0 heterocycles. The van der Waals surface area contributed by atoms with E-state index in [-0.39, 0.29) is 11.7 Å². The molecule has 0 radical (unpaired) electrons. The van der Waals surface area contributed by atoms with Gasteiger partial charge in [0.25, 0.3) is 5.91 Å². The van der Waals surface area contributed by atoms with Crippen molar-refractivity contribution in [1.29, 1.82) is 5.26 Å². The molecular weight excluding hydrogens is 271 g/mol. The number of rotatable bonds is 5. The highest BCUT2D eigenvalue weighted by Crippen LogP contribution is 2.37. The van der Waals surface area contributed by atoms with Crippen LogP contribution in [0.5, 0.6) is 5.75 Å². The van der Waals surface area contributed by atoms with E-state index < -0.39 is 17.5 Å². The first-order chi connectivity index (χ1) is 10.0. The number of likely N-dealkylation sites (N-methyl/N-ethyl adjacent to an activating group) is 1. The number of amides is 1. The number of nitriles is 1. The third kappa shape index (κ3) is 2.85. The van der Waals surface area contributed by atoms with Gasteiger partial charge in [-0.25, -0.2) is 4.39 Å². The fourth-order valence-electron chi connectivity index (χ4n) is 2.46. The molecule has 4 nitrogen and oxygen atoms in total. The molecule has 0 aliphatic heterocycles. The van der Waals surface area contributed by atoms with Crippen LogP contribution in [-0.2, 0) is 4.79 Å². The molecule has 21 heavy (non-hydrogen) atoms. The predicted octanol–water partition coefficient (Wildman–Crippen LogP) is 2.89. The summed E-state index contributed by atoms with van der Waals surface area (Å²) in [5.74, 6) is -0.710. The molecule has 1 unspecified atom stereocenters. The highest BCUT2D eigenvalue weighted by molar-refractivity contribution is 5.82. The molecule has 1 atom stereocenters. The summed E-state index contributed by atoms with van der Waals surface area (Å²) in [5.41, 5.74) is -0.719. The van der Waals surface area contributed by atoms with Crippen molar-refractivity contribution in [3.05, 3.63) is 30.1 Å². The summed E-state index contributed by atoms with van der Waals surface area (Å²) >= 11 is 0. The number of nitrogens with zero attached hydrogens (tertiary/aromatic N) is 2. The van der Waals surface area contributed by atoms with Crippen molar-refractivity contribution >= 4 is 5.91 Å². The van der Waals surface area contributed by atoms with Crippen molar-refractivity contribution in [3.63, 3.8) is 0 Å². The Bertz CT molecular complexity index is 564. The van der Waals surface area contributed by atoms with Crippen molar-refractivity contribution in [3.8, 4) is 11.8 Å². The molecule has 1 saturated carbocycles. The predicted molar refractivity (Wildman–Crippen MR) is 76.1 cm³/mol. The molecule has 1 aromatic carbocycles. The van der Waals surface area contributed by atoms with Crippen molar-refractivity contribution in [2.24, 2.45) is 0 Å². The van der Waals surface area contributed by atoms with Gasteiger partial charge < -0.3 is 9.64 Å². The lowest BCUT2D eigenvalue weighted by Gasteiger charge is -2.43. The van der Waals surface area contributed by atoms with E-state index in [0.29, 0.717) is 19.3 Å². The average Bonchev–Trinajstić information content (AvgIpc) is 2.45. The number of hydrogen-bond acceptors (Lipinski definition) is 3. The highest BCUT2D eigenvalue weighted by atomic mass is 19.1. The second-order valence-electron chi connectivity index (χ2n) is 5.34. The third-order valence-corrected chi connectivity index (χ3v) is 4.11. The van der Waals surface area contributed by atoms with Crippen LogP contribution in [0.4, 0.5) is 4.39 Å². The molecule has 112 valence electrons. The molecule has 1 amide bonds. The van der Waals surface area contributed by atoms with Crippen molar-refractivity contribution in [1.82, 2.24) is 4.90 Å². The van der Waals surface area contributed by atoms with Gasteiger partial charge in [-0.3, -0.25) is 4.79 Å². The molecule has 1 aromatic rings. The van der Waals surface area contributed by atoms with Crippen LogP contribution in [0.3, 0.4) is 0 Å². The first kappa shape index (κ1) is 15.3. The maximum absolute atomic E-state index is 13.6. The number of halogens is 1. The molecule has 0 spiro atoms. The topological polar surface area (TPSA) is 53.3 Å². The summed E-state index contributed by atoms with van der Waals surface area (Å²) in [6.07, 6.45) is 1.94. The number of benzene rings is 1. The lowest BCUT2D eigenvalue weighted by molar-refractivity contribution is -0.144. The van der Waals surface area contributed by atoms with Gasteiger partial charge in [-0.15, -0.1) is 0 Å². The Morgan fingerprint density at radius 3 is 2.67 bits per heavy atom. The number of ether oxygens (including phenoxy) is 1. The van der Waals surface area contributed by atoms with Gasteiger partial charge in [0, 0.05) is 7.05 Å². The molecule has 1 aliphatic rings. The first-order valence-corrected chi connectivity index (χ1v) is 7.14. The van der Waals surface area contributed by atoms with Crippen LogP contribution in [0.2, 0.25) is 0 Å². The van der Waals surface area contributed by atoms with E-state index in [0.717, 1.165) is 6.42 Å². The Balaban J connectivity index is 2.12. The number of carbonyl (C=O) groups is 1. The molecule has 0 N–H and O–H groups in total. The fraction of sp³-hybridized carbons (Fsp3) is 0.500. The zero-order valence-electron chi connectivity index (χ0n) is 12.3. The first-order valence-electron chi connectivity index (χ1n) is 7.14. The van der Waals surface area contributed by atoms with E-state index in [9.17, 15) is 14.4 Å². The average molecular weight is 290 g/mol. The maximum atomic E-state index is 13.6. The van der Waals surface area contributed by atoms with E-state index >= 15 is 0 Å². The van der Waals surface area contributed by atoms with Gasteiger partial charge in [-0.05, 0) is 37.8 Å². The van der Waals surface area contributed by atoms with E-state index in [4.69, 9.17) is 4.74 Å². The summed E-state index contributed by atoms with van der Waals surface area (Å²) in [6.45, 7) is 1.80. The summed E-state index contributed by atoms with van der Waals surface area (Å²) in [5, 5.41) is 9.30. The summed E-state index contributed by atoms with van der Waals surface area (Å²) in [7, 11) is 1.62. The Morgan fingerprint density at radius 1 is 1.52 bits per heavy atom. The molecular formula is C16H19FN2O2. The highest BCUT2D eigenvalue weighted by Gasteiger charge is 2.45. The van der Waals surface area contributed by atoms with Gasteiger partial charge in [0.15, 0.2) is 17.7 Å². The molecule has 2 rings (SSSR count). The van der Waals surface area contributed by atoms with Crippen LogP contribution >= 0.6 is 0 Å². The van der Waals surface area contributed by atoms with Gasteiger partial charge in [0.05, 0.1) is 6.07 Å². The van der Waals surface area contributed by atoms with Crippen LogP contribution in [0, 0.1) is 17.1 Å². The molecule has 5 heteroatoms. The number of para-hydroxylation sites is 1. The largest absolute Gasteiger partial charge is 0.478 e. The van der Waals surface area contributed by atoms with Crippen molar-refractivity contribution < 1.29 is 13.9 Å². The van der Waals surface area contributed by atoms with Crippen LogP contribution in [0.15, 0.2) is 24.3 Å². The summed E-state index contributed by atoms with van der Waals surface area (Å²) in [4.78, 5) is 14.0. The minimum absolute atomic E-state index is 0.0608. The van der Waals surface area contributed by atoms with E-state index in [2.05, 4.69) is 6.07 Å². The molecule has 0 saturated heterocycles. The van der Waals surface area contributed by atoms with E-state index in [1.54, 1.807) is 26.1 Å². The monoisotopic (exact) mass is 290 g/mol. The smallest absolute Gasteiger partial charge is 0.264 e. The SMILES string of the molecule is CCC(Oc1ccccc1F)C(=O)N(C)C1(C#N)CCC1. The molecule has 1 aliphatic carbocycles. The van der Waals surface area contributed by atoms with E-state index in [1.807, 2.05) is 0 Å². The van der Waals surface area contributed by atoms with Gasteiger partial charge in [-0.1, -0.05) is 19.1 Å². The zero-order chi connectivity index (χ0) is 15.5. The van der Waals surface area contributed by atoms with Gasteiger partial charge in [0.2, 0.25) is 0 Å². The summed E-state index contributed by atoms with van der Waals surface area (Å²) < 4.78 is 19.1. The minimum atomic E-state index is -0.780. The van der Waals surface area contributed by atoms with Gasteiger partial charge in [0.1, 0.15) is 5.54 Å². The van der Waals surface area contributed by atoms with Crippen LogP contribution in [-0.4, -0.2) is 29.5 Å². The second-order valence-corrected chi connectivity index (χ2v) is 5.34. The minimum Gasteiger partial charge on any atom is -0.478 e. The fourth-order valence-corrected chi connectivity index (χ4v) is 2.46. The Kier molecular flexibility index (Phi) is 4.46. The number of carbonyl (C=O) groups excluding carboxylic acids is 1. The van der Waals surface area contributed by atoms with Crippen molar-refractivity contribution in [2.45, 2.75) is 44.2 Å². The molecule has 1 fully saturated rings. The van der Waals surface area contributed by atoms with Crippen LogP contribution in [0.25, 0.3) is 0 Å². The molecule has 0 bridgehead atoms. The maximum Gasteiger partial charge on any atom is 0.264 e. The van der Waals surface area contributed by atoms with Crippen molar-refractivity contribution in [2.75, 3.05) is 7.05 Å². The normalized spacial score (nSPS) is 17.2. The standard InChI is InChI=1S/C16H19FN2O2/c1-3-13(21-14-8-5-4-7-12(14)17)15(20)19(2)16(11-18)9-6-10-16/h4-5,7-8,13H,3,6,9-10H2,1-2H3.